The van der Waals surface area contributed by atoms with Crippen LogP contribution in [0.15, 0.2) is 46.9 Å². The second kappa shape index (κ2) is 7.25. The van der Waals surface area contributed by atoms with Crippen LogP contribution in [0.4, 0.5) is 4.39 Å². The van der Waals surface area contributed by atoms with Crippen LogP contribution in [0.3, 0.4) is 0 Å². The molecular formula is C16H16BrClFNO. The fourth-order valence-electron chi connectivity index (χ4n) is 2.00. The highest BCUT2D eigenvalue weighted by Gasteiger charge is 2.23. The number of benzene rings is 2. The fraction of sp³-hybridized carbons (Fsp3) is 0.250. The van der Waals surface area contributed by atoms with Gasteiger partial charge in [0.1, 0.15) is 17.7 Å². The number of hydrogen-bond acceptors (Lipinski definition) is 2. The maximum Gasteiger partial charge on any atom is 0.142 e. The van der Waals surface area contributed by atoms with Crippen LogP contribution >= 0.6 is 27.5 Å². The van der Waals surface area contributed by atoms with Crippen LogP contribution < -0.4 is 10.5 Å². The van der Waals surface area contributed by atoms with Crippen LogP contribution in [0.5, 0.6) is 5.75 Å². The van der Waals surface area contributed by atoms with Crippen LogP contribution in [-0.2, 0) is 0 Å². The number of ether oxygens (including phenoxy) is 1. The van der Waals surface area contributed by atoms with Gasteiger partial charge in [-0.25, -0.2) is 4.39 Å². The third-order valence-electron chi connectivity index (χ3n) is 3.23. The lowest BCUT2D eigenvalue weighted by atomic mass is 10.0. The molecule has 2 aromatic rings. The van der Waals surface area contributed by atoms with E-state index in [2.05, 4.69) is 15.9 Å². The zero-order valence-electron chi connectivity index (χ0n) is 11.5. The standard InChI is InChI=1S/C16H16BrClFNO/c1-2-15(20)16(11-5-3-4-6-12(11)17)21-10-7-8-14(19)13(18)9-10/h3-9,15-16H,2,20H2,1H3. The van der Waals surface area contributed by atoms with E-state index in [-0.39, 0.29) is 17.2 Å². The van der Waals surface area contributed by atoms with E-state index in [1.165, 1.54) is 12.1 Å². The Morgan fingerprint density at radius 3 is 2.62 bits per heavy atom. The third-order valence-corrected chi connectivity index (χ3v) is 4.24. The Labute approximate surface area is 137 Å². The van der Waals surface area contributed by atoms with Gasteiger partial charge in [0, 0.05) is 22.1 Å². The van der Waals surface area contributed by atoms with Crippen molar-refractivity contribution in [2.24, 2.45) is 5.73 Å². The molecule has 2 atom stereocenters. The van der Waals surface area contributed by atoms with Crippen molar-refractivity contribution in [2.45, 2.75) is 25.5 Å². The third kappa shape index (κ3) is 3.96. The molecule has 0 heterocycles. The topological polar surface area (TPSA) is 35.2 Å². The van der Waals surface area contributed by atoms with E-state index in [0.29, 0.717) is 5.75 Å². The van der Waals surface area contributed by atoms with Crippen LogP contribution in [0.25, 0.3) is 0 Å². The average molecular weight is 373 g/mol. The summed E-state index contributed by atoms with van der Waals surface area (Å²) in [5.74, 6) is 0.0206. The van der Waals surface area contributed by atoms with E-state index in [9.17, 15) is 4.39 Å². The van der Waals surface area contributed by atoms with Gasteiger partial charge in [0.05, 0.1) is 5.02 Å². The Balaban J connectivity index is 2.33. The van der Waals surface area contributed by atoms with Crippen LogP contribution in [0.1, 0.15) is 25.0 Å². The first-order valence-corrected chi connectivity index (χ1v) is 7.81. The monoisotopic (exact) mass is 371 g/mol. The summed E-state index contributed by atoms with van der Waals surface area (Å²) in [5.41, 5.74) is 7.13. The molecule has 0 aromatic heterocycles. The molecule has 2 rings (SSSR count). The van der Waals surface area contributed by atoms with Gasteiger partial charge >= 0.3 is 0 Å². The van der Waals surface area contributed by atoms with Crippen molar-refractivity contribution < 1.29 is 9.13 Å². The molecule has 0 radical (unpaired) electrons. The van der Waals surface area contributed by atoms with Crippen LogP contribution in [-0.4, -0.2) is 6.04 Å². The second-order valence-electron chi connectivity index (χ2n) is 4.71. The summed E-state index contributed by atoms with van der Waals surface area (Å²) in [6.07, 6.45) is 0.410. The molecule has 0 bridgehead atoms. The van der Waals surface area contributed by atoms with Gasteiger partial charge in [-0.1, -0.05) is 52.7 Å². The Morgan fingerprint density at radius 1 is 1.29 bits per heavy atom. The zero-order valence-corrected chi connectivity index (χ0v) is 13.9. The predicted octanol–water partition coefficient (Wildman–Crippen LogP) is 5.10. The lowest BCUT2D eigenvalue weighted by molar-refractivity contribution is 0.170. The van der Waals surface area contributed by atoms with E-state index in [0.717, 1.165) is 16.5 Å². The molecule has 112 valence electrons. The summed E-state index contributed by atoms with van der Waals surface area (Å²) in [6.45, 7) is 2.00. The zero-order chi connectivity index (χ0) is 15.4. The van der Waals surface area contributed by atoms with Gasteiger partial charge in [-0.15, -0.1) is 0 Å². The first-order chi connectivity index (χ1) is 10.0. The van der Waals surface area contributed by atoms with Gasteiger partial charge in [0.2, 0.25) is 0 Å². The highest BCUT2D eigenvalue weighted by molar-refractivity contribution is 9.10. The Kier molecular flexibility index (Phi) is 5.62. The molecular weight excluding hydrogens is 357 g/mol. The summed E-state index contributed by atoms with van der Waals surface area (Å²) >= 11 is 9.30. The molecule has 0 saturated heterocycles. The maximum atomic E-state index is 13.2. The highest BCUT2D eigenvalue weighted by Crippen LogP contribution is 2.32. The van der Waals surface area contributed by atoms with Crippen molar-refractivity contribution in [3.05, 3.63) is 63.3 Å². The van der Waals surface area contributed by atoms with Crippen LogP contribution in [0.2, 0.25) is 5.02 Å². The van der Waals surface area contributed by atoms with Crippen molar-refractivity contribution >= 4 is 27.5 Å². The highest BCUT2D eigenvalue weighted by atomic mass is 79.9. The molecule has 0 spiro atoms. The van der Waals surface area contributed by atoms with Crippen LogP contribution in [0, 0.1) is 5.82 Å². The number of halogens is 3. The average Bonchev–Trinajstić information content (AvgIpc) is 2.48. The molecule has 2 N–H and O–H groups in total. The van der Waals surface area contributed by atoms with Crippen molar-refractivity contribution in [3.63, 3.8) is 0 Å². The van der Waals surface area contributed by atoms with E-state index in [1.54, 1.807) is 6.07 Å². The van der Waals surface area contributed by atoms with Gasteiger partial charge in [-0.05, 0) is 24.6 Å². The molecule has 0 aliphatic carbocycles. The lowest BCUT2D eigenvalue weighted by Crippen LogP contribution is -2.31. The summed E-state index contributed by atoms with van der Waals surface area (Å²) in [5, 5.41) is 0.0310. The molecule has 0 fully saturated rings. The van der Waals surface area contributed by atoms with Gasteiger partial charge in [0.15, 0.2) is 0 Å². The van der Waals surface area contributed by atoms with Gasteiger partial charge < -0.3 is 10.5 Å². The molecule has 0 amide bonds. The van der Waals surface area contributed by atoms with Crippen molar-refractivity contribution in [2.75, 3.05) is 0 Å². The van der Waals surface area contributed by atoms with E-state index >= 15 is 0 Å². The van der Waals surface area contributed by atoms with E-state index in [4.69, 9.17) is 22.1 Å². The fourth-order valence-corrected chi connectivity index (χ4v) is 2.68. The van der Waals surface area contributed by atoms with E-state index in [1.807, 2.05) is 31.2 Å². The van der Waals surface area contributed by atoms with Crippen molar-refractivity contribution in [1.29, 1.82) is 0 Å². The van der Waals surface area contributed by atoms with Gasteiger partial charge in [-0.2, -0.15) is 0 Å². The Bertz CT molecular complexity index is 623. The number of rotatable bonds is 5. The summed E-state index contributed by atoms with van der Waals surface area (Å²) in [4.78, 5) is 0. The van der Waals surface area contributed by atoms with Crippen molar-refractivity contribution in [1.82, 2.24) is 0 Å². The normalized spacial score (nSPS) is 13.8. The molecule has 2 unspecified atom stereocenters. The predicted molar refractivity (Wildman–Crippen MR) is 87.2 cm³/mol. The molecule has 2 aromatic carbocycles. The second-order valence-corrected chi connectivity index (χ2v) is 5.97. The lowest BCUT2D eigenvalue weighted by Gasteiger charge is -2.25. The molecule has 5 heteroatoms. The Hall–Kier alpha value is -1.10. The largest absolute Gasteiger partial charge is 0.484 e. The molecule has 0 aliphatic heterocycles. The SMILES string of the molecule is CCC(N)C(Oc1ccc(F)c(Cl)c1)c1ccccc1Br. The molecule has 0 aliphatic rings. The first-order valence-electron chi connectivity index (χ1n) is 6.64. The first kappa shape index (κ1) is 16.3. The van der Waals surface area contributed by atoms with E-state index < -0.39 is 5.82 Å². The number of hydrogen-bond donors (Lipinski definition) is 1. The number of nitrogens with two attached hydrogens (primary N) is 1. The minimum Gasteiger partial charge on any atom is -0.484 e. The Morgan fingerprint density at radius 2 is 2.00 bits per heavy atom. The minimum absolute atomic E-state index is 0.0310. The van der Waals surface area contributed by atoms with Gasteiger partial charge in [0.25, 0.3) is 0 Å². The smallest absolute Gasteiger partial charge is 0.142 e. The van der Waals surface area contributed by atoms with Gasteiger partial charge in [-0.3, -0.25) is 0 Å². The molecule has 21 heavy (non-hydrogen) atoms. The summed E-state index contributed by atoms with van der Waals surface area (Å²) in [7, 11) is 0. The quantitative estimate of drug-likeness (QED) is 0.792. The van der Waals surface area contributed by atoms with Crippen molar-refractivity contribution in [3.8, 4) is 5.75 Å². The summed E-state index contributed by atoms with van der Waals surface area (Å²) in [6, 6.07) is 11.9. The summed E-state index contributed by atoms with van der Waals surface area (Å²) < 4.78 is 20.1. The maximum absolute atomic E-state index is 13.2. The minimum atomic E-state index is -0.471. The molecule has 0 saturated carbocycles. The molecule has 2 nitrogen and oxygen atoms in total.